The van der Waals surface area contributed by atoms with Gasteiger partial charge in [0.15, 0.2) is 0 Å². The Morgan fingerprint density at radius 3 is 2.75 bits per heavy atom. The zero-order chi connectivity index (χ0) is 14.5. The summed E-state index contributed by atoms with van der Waals surface area (Å²) in [5, 5.41) is 12.1. The van der Waals surface area contributed by atoms with Gasteiger partial charge in [-0.05, 0) is 46.7 Å². The van der Waals surface area contributed by atoms with Crippen molar-refractivity contribution in [2.45, 2.75) is 53.2 Å². The first kappa shape index (κ1) is 14.7. The molecule has 1 N–H and O–H groups in total. The van der Waals surface area contributed by atoms with Crippen LogP contribution in [0, 0.1) is 13.8 Å². The molecular formula is C14H24N6. The predicted octanol–water partition coefficient (Wildman–Crippen LogP) is 1.85. The second kappa shape index (κ2) is 6.65. The largest absolute Gasteiger partial charge is 0.310 e. The van der Waals surface area contributed by atoms with Crippen molar-refractivity contribution in [3.8, 4) is 0 Å². The summed E-state index contributed by atoms with van der Waals surface area (Å²) >= 11 is 0. The molecule has 6 nitrogen and oxygen atoms in total. The number of aryl methyl sites for hydroxylation is 3. The molecule has 0 atom stereocenters. The van der Waals surface area contributed by atoms with E-state index in [4.69, 9.17) is 0 Å². The monoisotopic (exact) mass is 276 g/mol. The average molecular weight is 276 g/mol. The number of nitrogens with zero attached hydrogens (tertiary/aromatic N) is 5. The molecule has 110 valence electrons. The van der Waals surface area contributed by atoms with Crippen LogP contribution in [0.2, 0.25) is 0 Å². The molecule has 2 aromatic rings. The molecular weight excluding hydrogens is 252 g/mol. The van der Waals surface area contributed by atoms with Crippen molar-refractivity contribution >= 4 is 0 Å². The lowest BCUT2D eigenvalue weighted by molar-refractivity contribution is 0.479. The van der Waals surface area contributed by atoms with Crippen molar-refractivity contribution in [2.24, 2.45) is 0 Å². The van der Waals surface area contributed by atoms with Gasteiger partial charge in [0.05, 0.1) is 12.2 Å². The molecule has 0 aliphatic heterocycles. The maximum atomic E-state index is 4.46. The van der Waals surface area contributed by atoms with E-state index in [1.807, 2.05) is 11.6 Å². The van der Waals surface area contributed by atoms with Crippen LogP contribution < -0.4 is 5.32 Å². The van der Waals surface area contributed by atoms with Gasteiger partial charge in [0.1, 0.15) is 12.2 Å². The molecule has 2 aromatic heterocycles. The van der Waals surface area contributed by atoms with Crippen LogP contribution in [0.25, 0.3) is 0 Å². The highest BCUT2D eigenvalue weighted by molar-refractivity contribution is 5.06. The lowest BCUT2D eigenvalue weighted by Gasteiger charge is -2.10. The Hall–Kier alpha value is -1.69. The van der Waals surface area contributed by atoms with Gasteiger partial charge in [0.2, 0.25) is 0 Å². The van der Waals surface area contributed by atoms with Crippen molar-refractivity contribution < 1.29 is 0 Å². The third-order valence-electron chi connectivity index (χ3n) is 3.25. The number of hydrogen-bond donors (Lipinski definition) is 1. The normalized spacial score (nSPS) is 11.4. The lowest BCUT2D eigenvalue weighted by atomic mass is 10.3. The Labute approximate surface area is 120 Å². The highest BCUT2D eigenvalue weighted by atomic mass is 15.4. The Bertz CT molecular complexity index is 540. The average Bonchev–Trinajstić information content (AvgIpc) is 2.96. The second-order valence-corrected chi connectivity index (χ2v) is 5.40. The minimum atomic E-state index is 0.351. The maximum absolute atomic E-state index is 4.46. The Morgan fingerprint density at radius 2 is 2.10 bits per heavy atom. The molecule has 0 radical (unpaired) electrons. The van der Waals surface area contributed by atoms with Crippen LogP contribution in [-0.4, -0.2) is 31.1 Å². The fraction of sp³-hybridized carbons (Fsp3) is 0.643. The van der Waals surface area contributed by atoms with Gasteiger partial charge in [-0.15, -0.1) is 0 Å². The van der Waals surface area contributed by atoms with E-state index >= 15 is 0 Å². The van der Waals surface area contributed by atoms with Crippen molar-refractivity contribution in [1.29, 1.82) is 0 Å². The first-order chi connectivity index (χ1) is 9.58. The third-order valence-corrected chi connectivity index (χ3v) is 3.25. The molecule has 0 aliphatic carbocycles. The predicted molar refractivity (Wildman–Crippen MR) is 78.4 cm³/mol. The van der Waals surface area contributed by atoms with Crippen LogP contribution >= 0.6 is 0 Å². The van der Waals surface area contributed by atoms with Crippen LogP contribution in [0.3, 0.4) is 0 Å². The van der Waals surface area contributed by atoms with E-state index in [2.05, 4.69) is 52.0 Å². The third kappa shape index (κ3) is 3.66. The number of nitrogens with one attached hydrogen (secondary N) is 1. The van der Waals surface area contributed by atoms with E-state index < -0.39 is 0 Å². The summed E-state index contributed by atoms with van der Waals surface area (Å²) in [6.45, 7) is 11.0. The van der Waals surface area contributed by atoms with Gasteiger partial charge in [-0.3, -0.25) is 4.68 Å². The Balaban J connectivity index is 1.71. The molecule has 0 saturated carbocycles. The van der Waals surface area contributed by atoms with Crippen molar-refractivity contribution in [2.75, 3.05) is 6.54 Å². The van der Waals surface area contributed by atoms with Gasteiger partial charge < -0.3 is 5.32 Å². The second-order valence-electron chi connectivity index (χ2n) is 5.40. The first-order valence-corrected chi connectivity index (χ1v) is 7.18. The molecule has 2 rings (SSSR count). The van der Waals surface area contributed by atoms with Gasteiger partial charge in [0, 0.05) is 18.3 Å². The molecule has 0 amide bonds. The Kier molecular flexibility index (Phi) is 4.89. The van der Waals surface area contributed by atoms with E-state index in [9.17, 15) is 0 Å². The zero-order valence-corrected chi connectivity index (χ0v) is 12.8. The summed E-state index contributed by atoms with van der Waals surface area (Å²) in [6.07, 6.45) is 2.67. The highest BCUT2D eigenvalue weighted by Crippen LogP contribution is 2.05. The number of rotatable bonds is 7. The molecule has 0 fully saturated rings. The maximum Gasteiger partial charge on any atom is 0.141 e. The number of aromatic nitrogens is 5. The molecule has 0 bridgehead atoms. The summed E-state index contributed by atoms with van der Waals surface area (Å²) in [4.78, 5) is 4.28. The van der Waals surface area contributed by atoms with Crippen LogP contribution in [0.1, 0.15) is 43.5 Å². The molecule has 6 heteroatoms. The van der Waals surface area contributed by atoms with Crippen molar-refractivity contribution in [3.63, 3.8) is 0 Å². The SMILES string of the molecule is Cc1cc(C)n(CCCNCc2ncnn2C(C)C)n1. The molecule has 0 aliphatic rings. The standard InChI is InChI=1S/C14H24N6/c1-11(2)20-14(16-10-17-20)9-15-6-5-7-19-13(4)8-12(3)18-19/h8,10-11,15H,5-7,9H2,1-4H3. The number of hydrogen-bond acceptors (Lipinski definition) is 4. The van der Waals surface area contributed by atoms with Gasteiger partial charge >= 0.3 is 0 Å². The summed E-state index contributed by atoms with van der Waals surface area (Å²) < 4.78 is 4.02. The van der Waals surface area contributed by atoms with E-state index in [1.165, 1.54) is 5.69 Å². The topological polar surface area (TPSA) is 60.6 Å². The fourth-order valence-electron chi connectivity index (χ4n) is 2.29. The summed E-state index contributed by atoms with van der Waals surface area (Å²) in [6, 6.07) is 2.46. The molecule has 0 aromatic carbocycles. The molecule has 0 saturated heterocycles. The summed E-state index contributed by atoms with van der Waals surface area (Å²) in [7, 11) is 0. The quantitative estimate of drug-likeness (QED) is 0.784. The van der Waals surface area contributed by atoms with Crippen LogP contribution in [0.15, 0.2) is 12.4 Å². The van der Waals surface area contributed by atoms with E-state index in [1.54, 1.807) is 6.33 Å². The van der Waals surface area contributed by atoms with E-state index in [-0.39, 0.29) is 0 Å². The minimum absolute atomic E-state index is 0.351. The molecule has 2 heterocycles. The fourth-order valence-corrected chi connectivity index (χ4v) is 2.29. The first-order valence-electron chi connectivity index (χ1n) is 7.18. The summed E-state index contributed by atoms with van der Waals surface area (Å²) in [5.74, 6) is 0.992. The zero-order valence-electron chi connectivity index (χ0n) is 12.8. The minimum Gasteiger partial charge on any atom is -0.310 e. The Morgan fingerprint density at radius 1 is 1.30 bits per heavy atom. The van der Waals surface area contributed by atoms with Crippen LogP contribution in [0.4, 0.5) is 0 Å². The van der Waals surface area contributed by atoms with Crippen LogP contribution in [-0.2, 0) is 13.1 Å². The van der Waals surface area contributed by atoms with Gasteiger partial charge in [-0.25, -0.2) is 9.67 Å². The van der Waals surface area contributed by atoms with Crippen molar-refractivity contribution in [3.05, 3.63) is 29.6 Å². The lowest BCUT2D eigenvalue weighted by Crippen LogP contribution is -2.20. The van der Waals surface area contributed by atoms with Gasteiger partial charge in [0.25, 0.3) is 0 Å². The van der Waals surface area contributed by atoms with E-state index in [0.717, 1.165) is 37.6 Å². The van der Waals surface area contributed by atoms with Gasteiger partial charge in [-0.1, -0.05) is 0 Å². The molecule has 20 heavy (non-hydrogen) atoms. The van der Waals surface area contributed by atoms with Crippen LogP contribution in [0.5, 0.6) is 0 Å². The van der Waals surface area contributed by atoms with Gasteiger partial charge in [-0.2, -0.15) is 10.2 Å². The van der Waals surface area contributed by atoms with Crippen molar-refractivity contribution in [1.82, 2.24) is 29.9 Å². The molecule has 0 unspecified atom stereocenters. The smallest absolute Gasteiger partial charge is 0.141 e. The molecule has 0 spiro atoms. The highest BCUT2D eigenvalue weighted by Gasteiger charge is 2.06. The van der Waals surface area contributed by atoms with E-state index in [0.29, 0.717) is 6.04 Å². The summed E-state index contributed by atoms with van der Waals surface area (Å²) in [5.41, 5.74) is 2.31.